The molecule has 0 saturated heterocycles. The zero-order valence-electron chi connectivity index (χ0n) is 9.05. The monoisotopic (exact) mass is 222 g/mol. The molecule has 0 radical (unpaired) electrons. The topological polar surface area (TPSA) is 45.8 Å². The van der Waals surface area contributed by atoms with Crippen LogP contribution < -0.4 is 5.43 Å². The van der Waals surface area contributed by atoms with Gasteiger partial charge in [0.05, 0.1) is 5.52 Å². The van der Waals surface area contributed by atoms with Crippen molar-refractivity contribution in [2.75, 3.05) is 0 Å². The molecule has 0 spiro atoms. The molecule has 0 amide bonds. The summed E-state index contributed by atoms with van der Waals surface area (Å²) in [6.07, 6.45) is 3.42. The van der Waals surface area contributed by atoms with E-state index in [9.17, 15) is 4.79 Å². The number of aromatic nitrogens is 2. The fraction of sp³-hybridized carbons (Fsp3) is 0. The van der Waals surface area contributed by atoms with Crippen LogP contribution in [-0.2, 0) is 0 Å². The molecule has 17 heavy (non-hydrogen) atoms. The van der Waals surface area contributed by atoms with E-state index in [2.05, 4.69) is 9.97 Å². The van der Waals surface area contributed by atoms with Gasteiger partial charge < -0.3 is 4.98 Å². The first-order valence-electron chi connectivity index (χ1n) is 5.37. The maximum atomic E-state index is 11.3. The number of hydrogen-bond donors (Lipinski definition) is 1. The lowest BCUT2D eigenvalue weighted by atomic mass is 10.1. The van der Waals surface area contributed by atoms with Gasteiger partial charge in [0, 0.05) is 41.2 Å². The lowest BCUT2D eigenvalue weighted by Crippen LogP contribution is -1.97. The van der Waals surface area contributed by atoms with Crippen LogP contribution in [0.3, 0.4) is 0 Å². The second-order valence-corrected chi connectivity index (χ2v) is 3.85. The Hall–Kier alpha value is -2.42. The lowest BCUT2D eigenvalue weighted by molar-refractivity contribution is 1.30. The van der Waals surface area contributed by atoms with Gasteiger partial charge in [-0.1, -0.05) is 18.2 Å². The molecule has 0 saturated carbocycles. The molecular formula is C14H10N2O. The Kier molecular flexibility index (Phi) is 2.22. The second-order valence-electron chi connectivity index (χ2n) is 3.85. The number of pyridine rings is 2. The normalized spacial score (nSPS) is 10.6. The van der Waals surface area contributed by atoms with Crippen molar-refractivity contribution < 1.29 is 0 Å². The Morgan fingerprint density at radius 2 is 2.00 bits per heavy atom. The smallest absolute Gasteiger partial charge is 0.182 e. The first-order chi connectivity index (χ1) is 8.33. The van der Waals surface area contributed by atoms with E-state index in [4.69, 9.17) is 0 Å². The highest BCUT2D eigenvalue weighted by atomic mass is 16.1. The van der Waals surface area contributed by atoms with Crippen LogP contribution in [0.5, 0.6) is 0 Å². The molecule has 0 aliphatic rings. The molecule has 0 fully saturated rings. The molecule has 3 aromatic rings. The number of aromatic amines is 1. The Balaban J connectivity index is 2.21. The standard InChI is InChI=1S/C14H10N2O/c17-12-5-7-16-14(9-12)11-4-3-10-2-1-6-15-13(10)8-11/h1-9H,(H,16,17). The minimum Gasteiger partial charge on any atom is -0.361 e. The molecule has 3 rings (SSSR count). The fourth-order valence-electron chi connectivity index (χ4n) is 1.85. The molecule has 1 aromatic carbocycles. The van der Waals surface area contributed by atoms with E-state index in [0.717, 1.165) is 22.2 Å². The van der Waals surface area contributed by atoms with Gasteiger partial charge in [-0.15, -0.1) is 0 Å². The first kappa shape index (κ1) is 9.78. The van der Waals surface area contributed by atoms with E-state index < -0.39 is 0 Å². The predicted molar refractivity (Wildman–Crippen MR) is 67.8 cm³/mol. The predicted octanol–water partition coefficient (Wildman–Crippen LogP) is 2.59. The molecule has 0 unspecified atom stereocenters. The number of hydrogen-bond acceptors (Lipinski definition) is 2. The molecule has 2 heterocycles. The highest BCUT2D eigenvalue weighted by molar-refractivity contribution is 5.83. The SMILES string of the molecule is O=c1cc[nH]c(-c2ccc3cccnc3c2)c1. The van der Waals surface area contributed by atoms with E-state index in [-0.39, 0.29) is 5.43 Å². The Bertz CT molecular complexity index is 731. The van der Waals surface area contributed by atoms with Crippen molar-refractivity contribution in [2.24, 2.45) is 0 Å². The van der Waals surface area contributed by atoms with Gasteiger partial charge in [0.2, 0.25) is 0 Å². The largest absolute Gasteiger partial charge is 0.361 e. The van der Waals surface area contributed by atoms with Gasteiger partial charge in [-0.2, -0.15) is 0 Å². The Morgan fingerprint density at radius 1 is 1.06 bits per heavy atom. The molecule has 82 valence electrons. The molecule has 0 bridgehead atoms. The van der Waals surface area contributed by atoms with Crippen LogP contribution in [0.25, 0.3) is 22.2 Å². The number of nitrogens with one attached hydrogen (secondary N) is 1. The molecule has 3 heteroatoms. The minimum atomic E-state index is -0.000122. The average molecular weight is 222 g/mol. The molecule has 2 aromatic heterocycles. The van der Waals surface area contributed by atoms with Crippen LogP contribution in [0, 0.1) is 0 Å². The fourth-order valence-corrected chi connectivity index (χ4v) is 1.85. The van der Waals surface area contributed by atoms with Crippen molar-refractivity contribution in [1.29, 1.82) is 0 Å². The molecule has 0 aliphatic carbocycles. The van der Waals surface area contributed by atoms with Crippen LogP contribution in [0.15, 0.2) is 59.7 Å². The van der Waals surface area contributed by atoms with Crippen molar-refractivity contribution >= 4 is 10.9 Å². The van der Waals surface area contributed by atoms with E-state index in [1.54, 1.807) is 18.5 Å². The molecular weight excluding hydrogens is 212 g/mol. The van der Waals surface area contributed by atoms with Gasteiger partial charge in [-0.25, -0.2) is 0 Å². The number of nitrogens with zero attached hydrogens (tertiary/aromatic N) is 1. The maximum Gasteiger partial charge on any atom is 0.182 e. The second kappa shape index (κ2) is 3.87. The van der Waals surface area contributed by atoms with Crippen molar-refractivity contribution in [2.45, 2.75) is 0 Å². The Labute approximate surface area is 97.8 Å². The summed E-state index contributed by atoms with van der Waals surface area (Å²) in [7, 11) is 0. The van der Waals surface area contributed by atoms with Gasteiger partial charge in [0.1, 0.15) is 0 Å². The quantitative estimate of drug-likeness (QED) is 0.687. The highest BCUT2D eigenvalue weighted by Gasteiger charge is 2.00. The number of H-pyrrole nitrogens is 1. The summed E-state index contributed by atoms with van der Waals surface area (Å²) in [4.78, 5) is 18.7. The molecule has 0 atom stereocenters. The number of rotatable bonds is 1. The highest BCUT2D eigenvalue weighted by Crippen LogP contribution is 2.20. The molecule has 1 N–H and O–H groups in total. The van der Waals surface area contributed by atoms with Gasteiger partial charge >= 0.3 is 0 Å². The van der Waals surface area contributed by atoms with Crippen LogP contribution >= 0.6 is 0 Å². The van der Waals surface area contributed by atoms with Gasteiger partial charge in [0.15, 0.2) is 5.43 Å². The van der Waals surface area contributed by atoms with E-state index in [1.807, 2.05) is 30.3 Å². The van der Waals surface area contributed by atoms with E-state index in [0.29, 0.717) is 0 Å². The van der Waals surface area contributed by atoms with Crippen LogP contribution in [-0.4, -0.2) is 9.97 Å². The summed E-state index contributed by atoms with van der Waals surface area (Å²) in [5, 5.41) is 1.09. The number of benzene rings is 1. The van der Waals surface area contributed by atoms with Crippen LogP contribution in [0.4, 0.5) is 0 Å². The summed E-state index contributed by atoms with van der Waals surface area (Å²) in [6, 6.07) is 13.0. The third-order valence-electron chi connectivity index (χ3n) is 2.69. The van der Waals surface area contributed by atoms with Crippen molar-refractivity contribution in [3.8, 4) is 11.3 Å². The lowest BCUT2D eigenvalue weighted by Gasteiger charge is -2.02. The third-order valence-corrected chi connectivity index (χ3v) is 2.69. The van der Waals surface area contributed by atoms with Crippen molar-refractivity contribution in [1.82, 2.24) is 9.97 Å². The van der Waals surface area contributed by atoms with Gasteiger partial charge in [-0.05, 0) is 12.1 Å². The summed E-state index contributed by atoms with van der Waals surface area (Å²) in [6.45, 7) is 0. The minimum absolute atomic E-state index is 0.000122. The van der Waals surface area contributed by atoms with Crippen molar-refractivity contribution in [3.05, 3.63) is 65.1 Å². The summed E-state index contributed by atoms with van der Waals surface area (Å²) < 4.78 is 0. The van der Waals surface area contributed by atoms with E-state index >= 15 is 0 Å². The number of fused-ring (bicyclic) bond motifs is 1. The Morgan fingerprint density at radius 3 is 2.88 bits per heavy atom. The zero-order valence-corrected chi connectivity index (χ0v) is 9.05. The summed E-state index contributed by atoms with van der Waals surface area (Å²) >= 11 is 0. The maximum absolute atomic E-state index is 11.3. The third kappa shape index (κ3) is 1.83. The zero-order chi connectivity index (χ0) is 11.7. The summed E-state index contributed by atoms with van der Waals surface area (Å²) in [5.41, 5.74) is 2.70. The van der Waals surface area contributed by atoms with Crippen molar-refractivity contribution in [3.63, 3.8) is 0 Å². The molecule has 0 aliphatic heterocycles. The van der Waals surface area contributed by atoms with Crippen LogP contribution in [0.2, 0.25) is 0 Å². The first-order valence-corrected chi connectivity index (χ1v) is 5.37. The van der Waals surface area contributed by atoms with E-state index in [1.165, 1.54) is 6.07 Å². The summed E-state index contributed by atoms with van der Waals surface area (Å²) in [5.74, 6) is 0. The van der Waals surface area contributed by atoms with Crippen LogP contribution in [0.1, 0.15) is 0 Å². The average Bonchev–Trinajstić information content (AvgIpc) is 2.38. The van der Waals surface area contributed by atoms with Gasteiger partial charge in [0.25, 0.3) is 0 Å². The molecule has 3 nitrogen and oxygen atoms in total. The van der Waals surface area contributed by atoms with Gasteiger partial charge in [-0.3, -0.25) is 9.78 Å².